The molecule has 0 aliphatic rings. The first-order chi connectivity index (χ1) is 6.79. The molecule has 0 radical (unpaired) electrons. The van der Waals surface area contributed by atoms with Crippen molar-refractivity contribution in [1.82, 2.24) is 17.5 Å². The molecule has 0 unspecified atom stereocenters. The zero-order valence-corrected chi connectivity index (χ0v) is 8.39. The smallest absolute Gasteiger partial charge is 0.136 e. The van der Waals surface area contributed by atoms with Crippen molar-refractivity contribution in [2.75, 3.05) is 11.5 Å². The van der Waals surface area contributed by atoms with E-state index in [9.17, 15) is 0 Å². The molecule has 0 atom stereocenters. The Hall–Kier alpha value is -1.54. The van der Waals surface area contributed by atoms with Gasteiger partial charge in [-0.2, -0.15) is 17.5 Å². The van der Waals surface area contributed by atoms with Gasteiger partial charge in [0, 0.05) is 0 Å². The van der Waals surface area contributed by atoms with Crippen LogP contribution < -0.4 is 11.5 Å². The number of anilines is 2. The van der Waals surface area contributed by atoms with Crippen molar-refractivity contribution in [3.8, 4) is 0 Å². The summed E-state index contributed by atoms with van der Waals surface area (Å²) in [5, 5.41) is 0. The second kappa shape index (κ2) is 2.49. The number of fused-ring (bicyclic) bond motifs is 3. The summed E-state index contributed by atoms with van der Waals surface area (Å²) in [4.78, 5) is 0. The molecule has 2 aromatic heterocycles. The maximum Gasteiger partial charge on any atom is 0.136 e. The van der Waals surface area contributed by atoms with Gasteiger partial charge in [-0.05, 0) is 0 Å². The summed E-state index contributed by atoms with van der Waals surface area (Å²) in [5.74, 6) is 0. The third kappa shape index (κ3) is 0.788. The molecular formula is C6H4N6S2. The Kier molecular flexibility index (Phi) is 1.39. The van der Waals surface area contributed by atoms with Crippen molar-refractivity contribution in [1.29, 1.82) is 0 Å². The molecule has 0 bridgehead atoms. The van der Waals surface area contributed by atoms with Crippen molar-refractivity contribution in [3.05, 3.63) is 0 Å². The van der Waals surface area contributed by atoms with Gasteiger partial charge in [-0.3, -0.25) is 0 Å². The highest BCUT2D eigenvalue weighted by Gasteiger charge is 2.16. The summed E-state index contributed by atoms with van der Waals surface area (Å²) in [5.41, 5.74) is 15.1. The Morgan fingerprint density at radius 3 is 1.43 bits per heavy atom. The van der Waals surface area contributed by atoms with E-state index < -0.39 is 0 Å². The van der Waals surface area contributed by atoms with Gasteiger partial charge in [-0.25, -0.2) is 0 Å². The number of nitrogens with two attached hydrogens (primary N) is 2. The Morgan fingerprint density at radius 1 is 0.643 bits per heavy atom. The van der Waals surface area contributed by atoms with E-state index in [4.69, 9.17) is 11.5 Å². The molecule has 3 rings (SSSR count). The first-order valence-electron chi connectivity index (χ1n) is 3.70. The minimum atomic E-state index is 0.439. The highest BCUT2D eigenvalue weighted by Crippen LogP contribution is 2.33. The molecule has 2 heterocycles. The lowest BCUT2D eigenvalue weighted by molar-refractivity contribution is 1.60. The van der Waals surface area contributed by atoms with Gasteiger partial charge < -0.3 is 11.5 Å². The normalized spacial score (nSPS) is 11.4. The predicted molar refractivity (Wildman–Crippen MR) is 57.2 cm³/mol. The van der Waals surface area contributed by atoms with Crippen molar-refractivity contribution in [2.45, 2.75) is 0 Å². The summed E-state index contributed by atoms with van der Waals surface area (Å²) in [7, 11) is 0. The van der Waals surface area contributed by atoms with E-state index in [-0.39, 0.29) is 0 Å². The standard InChI is InChI=1S/C6H4N6S2/c7-1-2(8)4-6(12-14-10-4)5-3(1)9-13-11-5/h7-8H2. The highest BCUT2D eigenvalue weighted by molar-refractivity contribution is 7.01. The SMILES string of the molecule is Nc1c(N)c2nsnc2c2nsnc12. The first-order valence-corrected chi connectivity index (χ1v) is 5.16. The van der Waals surface area contributed by atoms with E-state index >= 15 is 0 Å². The molecule has 0 aliphatic carbocycles. The largest absolute Gasteiger partial charge is 0.395 e. The monoisotopic (exact) mass is 224 g/mol. The molecule has 4 N–H and O–H groups in total. The molecule has 1 aromatic carbocycles. The third-order valence-corrected chi connectivity index (χ3v) is 3.06. The minimum absolute atomic E-state index is 0.439. The number of hydrogen-bond acceptors (Lipinski definition) is 8. The van der Waals surface area contributed by atoms with Crippen LogP contribution in [0, 0.1) is 0 Å². The number of rotatable bonds is 0. The number of hydrogen-bond donors (Lipinski definition) is 2. The molecule has 14 heavy (non-hydrogen) atoms. The molecule has 3 aromatic rings. The van der Waals surface area contributed by atoms with Crippen LogP contribution >= 0.6 is 23.5 Å². The van der Waals surface area contributed by atoms with E-state index in [2.05, 4.69) is 17.5 Å². The van der Waals surface area contributed by atoms with E-state index in [0.29, 0.717) is 33.4 Å². The van der Waals surface area contributed by atoms with Gasteiger partial charge in [0.2, 0.25) is 0 Å². The number of benzene rings is 1. The average molecular weight is 224 g/mol. The minimum Gasteiger partial charge on any atom is -0.395 e. The van der Waals surface area contributed by atoms with Crippen LogP contribution in [0.3, 0.4) is 0 Å². The van der Waals surface area contributed by atoms with Crippen molar-refractivity contribution in [3.63, 3.8) is 0 Å². The lowest BCUT2D eigenvalue weighted by Gasteiger charge is -1.99. The van der Waals surface area contributed by atoms with E-state index in [1.54, 1.807) is 0 Å². The van der Waals surface area contributed by atoms with Gasteiger partial charge in [-0.1, -0.05) is 0 Å². The average Bonchev–Trinajstić information content (AvgIpc) is 2.80. The predicted octanol–water partition coefficient (Wildman–Crippen LogP) is 0.860. The van der Waals surface area contributed by atoms with Gasteiger partial charge in [-0.15, -0.1) is 0 Å². The maximum atomic E-state index is 5.80. The molecule has 0 spiro atoms. The zero-order chi connectivity index (χ0) is 9.71. The fourth-order valence-corrected chi connectivity index (χ4v) is 2.42. The summed E-state index contributed by atoms with van der Waals surface area (Å²) in [6.45, 7) is 0. The van der Waals surface area contributed by atoms with Gasteiger partial charge >= 0.3 is 0 Å². The number of nitrogen functional groups attached to an aromatic ring is 2. The van der Waals surface area contributed by atoms with E-state index in [1.807, 2.05) is 0 Å². The Balaban J connectivity index is 2.73. The van der Waals surface area contributed by atoms with Crippen molar-refractivity contribution >= 4 is 56.9 Å². The molecule has 0 aliphatic heterocycles. The fraction of sp³-hybridized carbons (Fsp3) is 0. The van der Waals surface area contributed by atoms with E-state index in [1.165, 1.54) is 0 Å². The molecule has 0 saturated carbocycles. The maximum absolute atomic E-state index is 5.80. The van der Waals surface area contributed by atoms with E-state index in [0.717, 1.165) is 23.5 Å². The van der Waals surface area contributed by atoms with Crippen LogP contribution in [0.15, 0.2) is 0 Å². The van der Waals surface area contributed by atoms with Gasteiger partial charge in [0.25, 0.3) is 0 Å². The summed E-state index contributed by atoms with van der Waals surface area (Å²) in [6, 6.07) is 0. The second-order valence-corrected chi connectivity index (χ2v) is 3.81. The van der Waals surface area contributed by atoms with Crippen LogP contribution in [0.2, 0.25) is 0 Å². The third-order valence-electron chi connectivity index (χ3n) is 2.00. The molecule has 6 nitrogen and oxygen atoms in total. The van der Waals surface area contributed by atoms with Gasteiger partial charge in [0.05, 0.1) is 34.8 Å². The summed E-state index contributed by atoms with van der Waals surface area (Å²) in [6.07, 6.45) is 0. The van der Waals surface area contributed by atoms with Crippen LogP contribution in [-0.4, -0.2) is 17.5 Å². The summed E-state index contributed by atoms with van der Waals surface area (Å²) >= 11 is 2.19. The van der Waals surface area contributed by atoms with Crippen LogP contribution in [0.4, 0.5) is 11.4 Å². The van der Waals surface area contributed by atoms with Crippen LogP contribution in [0.25, 0.3) is 22.1 Å². The van der Waals surface area contributed by atoms with Crippen LogP contribution in [0.5, 0.6) is 0 Å². The molecule has 8 heteroatoms. The zero-order valence-electron chi connectivity index (χ0n) is 6.76. The molecule has 0 saturated heterocycles. The Morgan fingerprint density at radius 2 is 1.00 bits per heavy atom. The quantitative estimate of drug-likeness (QED) is 0.433. The van der Waals surface area contributed by atoms with Crippen molar-refractivity contribution < 1.29 is 0 Å². The molecule has 0 fully saturated rings. The second-order valence-electron chi connectivity index (χ2n) is 2.75. The lowest BCUT2D eigenvalue weighted by Crippen LogP contribution is -1.97. The van der Waals surface area contributed by atoms with Gasteiger partial charge in [0.15, 0.2) is 0 Å². The lowest BCUT2D eigenvalue weighted by atomic mass is 10.2. The molecule has 70 valence electrons. The number of aromatic nitrogens is 4. The first kappa shape index (κ1) is 7.83. The Bertz CT molecular complexity index is 570. The van der Waals surface area contributed by atoms with Crippen molar-refractivity contribution in [2.24, 2.45) is 0 Å². The molecule has 0 amide bonds. The highest BCUT2D eigenvalue weighted by atomic mass is 32.1. The topological polar surface area (TPSA) is 104 Å². The van der Waals surface area contributed by atoms with Crippen LogP contribution in [-0.2, 0) is 0 Å². The molecular weight excluding hydrogens is 220 g/mol. The Labute approximate surface area is 86.2 Å². The fourth-order valence-electron chi connectivity index (χ4n) is 1.30. The number of nitrogens with zero attached hydrogens (tertiary/aromatic N) is 4. The van der Waals surface area contributed by atoms with Gasteiger partial charge in [0.1, 0.15) is 22.1 Å². The van der Waals surface area contributed by atoms with Crippen LogP contribution in [0.1, 0.15) is 0 Å². The summed E-state index contributed by atoms with van der Waals surface area (Å²) < 4.78 is 16.4.